The number of nitrogens with zero attached hydrogens (tertiary/aromatic N) is 4. The summed E-state index contributed by atoms with van der Waals surface area (Å²) in [4.78, 5) is 33.6. The fourth-order valence-electron chi connectivity index (χ4n) is 3.61. The van der Waals surface area contributed by atoms with Crippen LogP contribution in [0.2, 0.25) is 0 Å². The Balaban J connectivity index is 1.55. The molecular formula is C22H28FN5O2. The second-order valence-corrected chi connectivity index (χ2v) is 7.36. The van der Waals surface area contributed by atoms with Gasteiger partial charge in [0.1, 0.15) is 11.6 Å². The third kappa shape index (κ3) is 4.87. The number of pyridine rings is 1. The summed E-state index contributed by atoms with van der Waals surface area (Å²) in [5.74, 6) is -0.0165. The highest BCUT2D eigenvalue weighted by atomic mass is 19.1. The van der Waals surface area contributed by atoms with E-state index in [2.05, 4.69) is 9.88 Å². The molecule has 1 fully saturated rings. The molecule has 8 heteroatoms. The first-order valence-electron chi connectivity index (χ1n) is 10.2. The van der Waals surface area contributed by atoms with Gasteiger partial charge in [-0.15, -0.1) is 0 Å². The molecule has 2 amide bonds. The van der Waals surface area contributed by atoms with Crippen molar-refractivity contribution in [3.05, 3.63) is 47.9 Å². The number of nitrogen functional groups attached to an aromatic ring is 1. The fourth-order valence-corrected chi connectivity index (χ4v) is 3.61. The number of piperazine rings is 1. The molecule has 1 aliphatic heterocycles. The van der Waals surface area contributed by atoms with Crippen LogP contribution < -0.4 is 15.5 Å². The minimum Gasteiger partial charge on any atom is -0.383 e. The first-order chi connectivity index (χ1) is 14.4. The van der Waals surface area contributed by atoms with Crippen molar-refractivity contribution in [2.45, 2.75) is 26.2 Å². The number of benzene rings is 1. The number of rotatable bonds is 6. The van der Waals surface area contributed by atoms with E-state index < -0.39 is 5.82 Å². The maximum atomic E-state index is 14.6. The monoisotopic (exact) mass is 413 g/mol. The van der Waals surface area contributed by atoms with E-state index in [1.54, 1.807) is 26.2 Å². The Morgan fingerprint density at radius 1 is 1.20 bits per heavy atom. The molecule has 0 unspecified atom stereocenters. The summed E-state index contributed by atoms with van der Waals surface area (Å²) in [5, 5.41) is 0. The van der Waals surface area contributed by atoms with E-state index in [4.69, 9.17) is 5.73 Å². The number of aromatic nitrogens is 1. The number of anilines is 3. The number of carbonyl (C=O) groups is 2. The number of aryl methyl sites for hydroxylation is 1. The van der Waals surface area contributed by atoms with Gasteiger partial charge in [0.2, 0.25) is 11.8 Å². The number of halogens is 1. The quantitative estimate of drug-likeness (QED) is 0.787. The van der Waals surface area contributed by atoms with Crippen molar-refractivity contribution >= 4 is 29.0 Å². The topological polar surface area (TPSA) is 82.8 Å². The maximum Gasteiger partial charge on any atom is 0.226 e. The molecule has 160 valence electrons. The Bertz CT molecular complexity index is 912. The normalized spacial score (nSPS) is 14.0. The molecule has 2 heterocycles. The predicted molar refractivity (Wildman–Crippen MR) is 116 cm³/mol. The van der Waals surface area contributed by atoms with Crippen LogP contribution in [-0.4, -0.2) is 54.9 Å². The maximum absolute atomic E-state index is 14.6. The van der Waals surface area contributed by atoms with E-state index in [0.717, 1.165) is 11.3 Å². The van der Waals surface area contributed by atoms with Crippen molar-refractivity contribution in [1.82, 2.24) is 9.88 Å². The van der Waals surface area contributed by atoms with Gasteiger partial charge in [0.15, 0.2) is 0 Å². The van der Waals surface area contributed by atoms with Crippen LogP contribution in [0.1, 0.15) is 25.3 Å². The number of carbonyl (C=O) groups excluding carboxylic acids is 2. The zero-order valence-electron chi connectivity index (χ0n) is 17.5. The lowest BCUT2D eigenvalue weighted by atomic mass is 10.1. The third-order valence-corrected chi connectivity index (χ3v) is 5.50. The molecular weight excluding hydrogens is 385 g/mol. The van der Waals surface area contributed by atoms with Crippen molar-refractivity contribution in [3.8, 4) is 0 Å². The van der Waals surface area contributed by atoms with Crippen molar-refractivity contribution in [3.63, 3.8) is 0 Å². The van der Waals surface area contributed by atoms with Gasteiger partial charge in [0.25, 0.3) is 0 Å². The molecule has 0 saturated carbocycles. The van der Waals surface area contributed by atoms with E-state index in [1.165, 1.54) is 11.0 Å². The first kappa shape index (κ1) is 21.5. The number of hydrogen-bond donors (Lipinski definition) is 1. The van der Waals surface area contributed by atoms with Crippen LogP contribution in [0.3, 0.4) is 0 Å². The summed E-state index contributed by atoms with van der Waals surface area (Å²) in [6.07, 6.45) is 2.91. The first-order valence-corrected chi connectivity index (χ1v) is 10.2. The summed E-state index contributed by atoms with van der Waals surface area (Å²) in [7, 11) is 1.58. The summed E-state index contributed by atoms with van der Waals surface area (Å²) < 4.78 is 14.6. The zero-order valence-corrected chi connectivity index (χ0v) is 17.5. The second kappa shape index (κ2) is 9.56. The van der Waals surface area contributed by atoms with Crippen LogP contribution in [0, 0.1) is 5.82 Å². The average molecular weight is 413 g/mol. The highest BCUT2D eigenvalue weighted by Crippen LogP contribution is 2.26. The van der Waals surface area contributed by atoms with Crippen molar-refractivity contribution in [2.24, 2.45) is 0 Å². The van der Waals surface area contributed by atoms with E-state index in [1.807, 2.05) is 23.1 Å². The van der Waals surface area contributed by atoms with Crippen molar-refractivity contribution in [1.29, 1.82) is 0 Å². The van der Waals surface area contributed by atoms with Crippen LogP contribution in [0.15, 0.2) is 36.5 Å². The predicted octanol–water partition coefficient (Wildman–Crippen LogP) is 2.46. The molecule has 1 aromatic heterocycles. The standard InChI is InChI=1S/C22H28FN5O2/c1-3-20(29)26(2)19-8-7-17(15-18(19)23)27-11-13-28(14-12-27)21(30)9-6-16-5-4-10-25-22(16)24/h4-5,7-8,10,15H,3,6,9,11-14H2,1-2H3,(H2,24,25). The molecule has 0 radical (unpaired) electrons. The van der Waals surface area contributed by atoms with Gasteiger partial charge < -0.3 is 20.4 Å². The summed E-state index contributed by atoms with van der Waals surface area (Å²) in [6.45, 7) is 4.17. The van der Waals surface area contributed by atoms with Crippen LogP contribution in [-0.2, 0) is 16.0 Å². The average Bonchev–Trinajstić information content (AvgIpc) is 2.77. The van der Waals surface area contributed by atoms with Gasteiger partial charge in [-0.1, -0.05) is 13.0 Å². The second-order valence-electron chi connectivity index (χ2n) is 7.36. The Morgan fingerprint density at radius 2 is 1.93 bits per heavy atom. The smallest absolute Gasteiger partial charge is 0.226 e. The molecule has 0 aliphatic carbocycles. The number of hydrogen-bond acceptors (Lipinski definition) is 5. The van der Waals surface area contributed by atoms with Crippen LogP contribution in [0.5, 0.6) is 0 Å². The molecule has 2 N–H and O–H groups in total. The zero-order chi connectivity index (χ0) is 21.7. The van der Waals surface area contributed by atoms with E-state index in [-0.39, 0.29) is 17.5 Å². The lowest BCUT2D eigenvalue weighted by Gasteiger charge is -2.36. The van der Waals surface area contributed by atoms with Gasteiger partial charge in [0.05, 0.1) is 5.69 Å². The van der Waals surface area contributed by atoms with Gasteiger partial charge in [-0.05, 0) is 36.2 Å². The third-order valence-electron chi connectivity index (χ3n) is 5.50. The van der Waals surface area contributed by atoms with Crippen molar-refractivity contribution in [2.75, 3.05) is 48.8 Å². The molecule has 2 aromatic rings. The summed E-state index contributed by atoms with van der Waals surface area (Å²) in [6, 6.07) is 8.61. The molecule has 1 aromatic carbocycles. The van der Waals surface area contributed by atoms with Gasteiger partial charge >= 0.3 is 0 Å². The van der Waals surface area contributed by atoms with Crippen LogP contribution in [0.25, 0.3) is 0 Å². The van der Waals surface area contributed by atoms with E-state index in [0.29, 0.717) is 51.3 Å². The SMILES string of the molecule is CCC(=O)N(C)c1ccc(N2CCN(C(=O)CCc3cccnc3N)CC2)cc1F. The molecule has 0 bridgehead atoms. The number of amides is 2. The molecule has 1 saturated heterocycles. The summed E-state index contributed by atoms with van der Waals surface area (Å²) >= 11 is 0. The fraction of sp³-hybridized carbons (Fsp3) is 0.409. The highest BCUT2D eigenvalue weighted by molar-refractivity contribution is 5.92. The summed E-state index contributed by atoms with van der Waals surface area (Å²) in [5.41, 5.74) is 7.75. The lowest BCUT2D eigenvalue weighted by Crippen LogP contribution is -2.48. The lowest BCUT2D eigenvalue weighted by molar-refractivity contribution is -0.131. The molecule has 1 aliphatic rings. The molecule has 7 nitrogen and oxygen atoms in total. The largest absolute Gasteiger partial charge is 0.383 e. The Morgan fingerprint density at radius 3 is 2.57 bits per heavy atom. The molecule has 0 atom stereocenters. The molecule has 3 rings (SSSR count). The van der Waals surface area contributed by atoms with Gasteiger partial charge in [0, 0.05) is 58.0 Å². The van der Waals surface area contributed by atoms with Crippen LogP contribution >= 0.6 is 0 Å². The van der Waals surface area contributed by atoms with Gasteiger partial charge in [-0.2, -0.15) is 0 Å². The van der Waals surface area contributed by atoms with Gasteiger partial charge in [-0.25, -0.2) is 9.37 Å². The van der Waals surface area contributed by atoms with E-state index >= 15 is 0 Å². The highest BCUT2D eigenvalue weighted by Gasteiger charge is 2.22. The minimum absolute atomic E-state index is 0.0825. The number of nitrogens with two attached hydrogens (primary N) is 1. The van der Waals surface area contributed by atoms with Crippen LogP contribution in [0.4, 0.5) is 21.6 Å². The minimum atomic E-state index is -0.427. The Kier molecular flexibility index (Phi) is 6.87. The molecule has 30 heavy (non-hydrogen) atoms. The molecule has 0 spiro atoms. The Hall–Kier alpha value is -3.16. The van der Waals surface area contributed by atoms with Crippen molar-refractivity contribution < 1.29 is 14.0 Å². The van der Waals surface area contributed by atoms with E-state index in [9.17, 15) is 14.0 Å². The Labute approximate surface area is 176 Å². The van der Waals surface area contributed by atoms with Gasteiger partial charge in [-0.3, -0.25) is 9.59 Å².